The van der Waals surface area contributed by atoms with Crippen molar-refractivity contribution in [3.05, 3.63) is 0 Å². The number of carbonyl (C=O) groups excluding carboxylic acids is 3. The van der Waals surface area contributed by atoms with E-state index in [1.807, 2.05) is 13.8 Å². The Morgan fingerprint density at radius 2 is 1.95 bits per heavy atom. The van der Waals surface area contributed by atoms with Gasteiger partial charge in [-0.05, 0) is 6.42 Å². The molecule has 0 aliphatic carbocycles. The molecule has 1 fully saturated rings. The number of methoxy groups -OCH3 is 1. The van der Waals surface area contributed by atoms with Gasteiger partial charge in [0.25, 0.3) is 0 Å². The molecule has 0 bridgehead atoms. The van der Waals surface area contributed by atoms with Crippen LogP contribution in [0.2, 0.25) is 0 Å². The number of likely N-dealkylation sites (tertiary alicyclic amines) is 1. The molecule has 1 N–H and O–H groups in total. The molecular formula is C14H24N2O4. The third-order valence-corrected chi connectivity index (χ3v) is 3.51. The average Bonchev–Trinajstić information content (AvgIpc) is 2.44. The largest absolute Gasteiger partial charge is 0.469 e. The predicted octanol–water partition coefficient (Wildman–Crippen LogP) is 0.559. The molecule has 1 aliphatic heterocycles. The maximum Gasteiger partial charge on any atom is 0.310 e. The predicted molar refractivity (Wildman–Crippen MR) is 73.8 cm³/mol. The molecule has 2 atom stereocenters. The number of hydrogen-bond acceptors (Lipinski definition) is 4. The van der Waals surface area contributed by atoms with E-state index in [-0.39, 0.29) is 35.7 Å². The molecule has 1 saturated heterocycles. The molecule has 1 aliphatic rings. The number of nitrogens with zero attached hydrogens (tertiary/aromatic N) is 1. The van der Waals surface area contributed by atoms with E-state index in [2.05, 4.69) is 5.32 Å². The summed E-state index contributed by atoms with van der Waals surface area (Å²) < 4.78 is 4.76. The van der Waals surface area contributed by atoms with Gasteiger partial charge < -0.3 is 15.0 Å². The van der Waals surface area contributed by atoms with Crippen LogP contribution in [0.25, 0.3) is 0 Å². The number of hydrogen-bond donors (Lipinski definition) is 1. The van der Waals surface area contributed by atoms with Gasteiger partial charge in [0, 0.05) is 31.5 Å². The Kier molecular flexibility index (Phi) is 5.98. The summed E-state index contributed by atoms with van der Waals surface area (Å²) in [6.45, 7) is 6.23. The third-order valence-electron chi connectivity index (χ3n) is 3.51. The van der Waals surface area contributed by atoms with Crippen LogP contribution in [-0.2, 0) is 19.1 Å². The molecule has 1 rings (SSSR count). The van der Waals surface area contributed by atoms with Crippen LogP contribution in [0, 0.1) is 11.8 Å². The second kappa shape index (κ2) is 7.26. The summed E-state index contributed by atoms with van der Waals surface area (Å²) in [6, 6.07) is -0.196. The zero-order chi connectivity index (χ0) is 15.3. The average molecular weight is 284 g/mol. The van der Waals surface area contributed by atoms with Crippen molar-refractivity contribution >= 4 is 17.8 Å². The molecule has 6 nitrogen and oxygen atoms in total. The van der Waals surface area contributed by atoms with Gasteiger partial charge in [0.2, 0.25) is 11.8 Å². The van der Waals surface area contributed by atoms with Crippen molar-refractivity contribution in [1.29, 1.82) is 0 Å². The number of carbonyl (C=O) groups is 3. The van der Waals surface area contributed by atoms with Gasteiger partial charge in [-0.1, -0.05) is 20.8 Å². The Hall–Kier alpha value is -1.59. The molecule has 0 aromatic rings. The van der Waals surface area contributed by atoms with Crippen molar-refractivity contribution in [1.82, 2.24) is 10.2 Å². The Labute approximate surface area is 119 Å². The Morgan fingerprint density at radius 1 is 1.30 bits per heavy atom. The monoisotopic (exact) mass is 284 g/mol. The molecule has 0 aromatic carbocycles. The fraction of sp³-hybridized carbons (Fsp3) is 0.786. The van der Waals surface area contributed by atoms with Gasteiger partial charge in [0.05, 0.1) is 13.0 Å². The molecule has 20 heavy (non-hydrogen) atoms. The highest BCUT2D eigenvalue weighted by Gasteiger charge is 2.34. The highest BCUT2D eigenvalue weighted by molar-refractivity contribution is 5.80. The summed E-state index contributed by atoms with van der Waals surface area (Å²) in [5, 5.41) is 2.90. The van der Waals surface area contributed by atoms with Crippen molar-refractivity contribution in [3.63, 3.8) is 0 Å². The topological polar surface area (TPSA) is 75.7 Å². The van der Waals surface area contributed by atoms with E-state index >= 15 is 0 Å². The summed E-state index contributed by atoms with van der Waals surface area (Å²) in [7, 11) is 1.34. The first-order chi connectivity index (χ1) is 9.38. The molecule has 0 saturated carbocycles. The van der Waals surface area contributed by atoms with Gasteiger partial charge in [-0.3, -0.25) is 14.4 Å². The third kappa shape index (κ3) is 4.21. The van der Waals surface area contributed by atoms with E-state index in [4.69, 9.17) is 4.74 Å². The Morgan fingerprint density at radius 3 is 2.45 bits per heavy atom. The van der Waals surface area contributed by atoms with Crippen molar-refractivity contribution in [3.8, 4) is 0 Å². The lowest BCUT2D eigenvalue weighted by molar-refractivity contribution is -0.150. The molecule has 0 aromatic heterocycles. The molecular weight excluding hydrogens is 260 g/mol. The fourth-order valence-corrected chi connectivity index (χ4v) is 2.34. The van der Waals surface area contributed by atoms with Crippen LogP contribution in [0.4, 0.5) is 0 Å². The minimum atomic E-state index is -0.373. The maximum absolute atomic E-state index is 11.8. The molecule has 6 heteroatoms. The van der Waals surface area contributed by atoms with Crippen LogP contribution in [0.3, 0.4) is 0 Å². The maximum atomic E-state index is 11.8. The van der Waals surface area contributed by atoms with Crippen LogP contribution in [0.1, 0.15) is 33.6 Å². The summed E-state index contributed by atoms with van der Waals surface area (Å²) >= 11 is 0. The van der Waals surface area contributed by atoms with Gasteiger partial charge in [-0.15, -0.1) is 0 Å². The van der Waals surface area contributed by atoms with Gasteiger partial charge in [0.1, 0.15) is 0 Å². The van der Waals surface area contributed by atoms with Crippen LogP contribution in [0.15, 0.2) is 0 Å². The first-order valence-electron chi connectivity index (χ1n) is 7.05. The van der Waals surface area contributed by atoms with Gasteiger partial charge in [0.15, 0.2) is 0 Å². The van der Waals surface area contributed by atoms with Gasteiger partial charge in [-0.2, -0.15) is 0 Å². The summed E-state index contributed by atoms with van der Waals surface area (Å²) in [6.07, 6.45) is 0.900. The smallest absolute Gasteiger partial charge is 0.310 e. The quantitative estimate of drug-likeness (QED) is 0.765. The molecule has 2 amide bonds. The van der Waals surface area contributed by atoms with Crippen molar-refractivity contribution in [2.45, 2.75) is 39.7 Å². The van der Waals surface area contributed by atoms with E-state index in [0.29, 0.717) is 25.9 Å². The number of esters is 1. The number of rotatable bonds is 4. The van der Waals surface area contributed by atoms with Crippen LogP contribution < -0.4 is 5.32 Å². The molecule has 0 spiro atoms. The van der Waals surface area contributed by atoms with Crippen molar-refractivity contribution in [2.75, 3.05) is 20.2 Å². The number of ether oxygens (including phenoxy) is 1. The minimum Gasteiger partial charge on any atom is -0.469 e. The lowest BCUT2D eigenvalue weighted by Crippen LogP contribution is -2.54. The minimum absolute atomic E-state index is 0.0117. The highest BCUT2D eigenvalue weighted by Crippen LogP contribution is 2.19. The lowest BCUT2D eigenvalue weighted by Gasteiger charge is -2.37. The zero-order valence-corrected chi connectivity index (χ0v) is 12.6. The van der Waals surface area contributed by atoms with Crippen molar-refractivity contribution in [2.24, 2.45) is 11.8 Å². The number of amides is 2. The molecule has 0 radical (unpaired) electrons. The fourth-order valence-electron chi connectivity index (χ4n) is 2.34. The normalized spacial score (nSPS) is 22.6. The lowest BCUT2D eigenvalue weighted by atomic mass is 9.93. The number of piperidine rings is 1. The SMILES string of the molecule is CCC(=O)N1CC(NC(=O)C(C)C)CC(C(=O)OC)C1. The Balaban J connectivity index is 2.76. The number of nitrogens with one attached hydrogen (secondary N) is 1. The standard InChI is InChI=1S/C14H24N2O4/c1-5-12(17)16-7-10(14(19)20-4)6-11(8-16)15-13(18)9(2)3/h9-11H,5-8H2,1-4H3,(H,15,18). The molecule has 1 heterocycles. The van der Waals surface area contributed by atoms with Gasteiger partial charge in [-0.25, -0.2) is 0 Å². The Bertz CT molecular complexity index is 357. The van der Waals surface area contributed by atoms with Crippen LogP contribution >= 0.6 is 0 Å². The van der Waals surface area contributed by atoms with Crippen LogP contribution in [0.5, 0.6) is 0 Å². The second-order valence-corrected chi connectivity index (χ2v) is 5.47. The first kappa shape index (κ1) is 16.5. The second-order valence-electron chi connectivity index (χ2n) is 5.47. The first-order valence-corrected chi connectivity index (χ1v) is 7.05. The van der Waals surface area contributed by atoms with E-state index < -0.39 is 0 Å². The van der Waals surface area contributed by atoms with E-state index in [9.17, 15) is 14.4 Å². The van der Waals surface area contributed by atoms with E-state index in [1.54, 1.807) is 11.8 Å². The highest BCUT2D eigenvalue weighted by atomic mass is 16.5. The molecule has 2 unspecified atom stereocenters. The zero-order valence-electron chi connectivity index (χ0n) is 12.6. The van der Waals surface area contributed by atoms with Gasteiger partial charge >= 0.3 is 5.97 Å². The summed E-state index contributed by atoms with van der Waals surface area (Å²) in [4.78, 5) is 37.0. The van der Waals surface area contributed by atoms with Crippen LogP contribution in [-0.4, -0.2) is 48.9 Å². The van der Waals surface area contributed by atoms with E-state index in [0.717, 1.165) is 0 Å². The molecule has 114 valence electrons. The summed E-state index contributed by atoms with van der Waals surface area (Å²) in [5.74, 6) is -0.903. The van der Waals surface area contributed by atoms with Crippen molar-refractivity contribution < 1.29 is 19.1 Å². The van der Waals surface area contributed by atoms with E-state index in [1.165, 1.54) is 7.11 Å². The summed E-state index contributed by atoms with van der Waals surface area (Å²) in [5.41, 5.74) is 0.